The van der Waals surface area contributed by atoms with Gasteiger partial charge in [-0.15, -0.1) is 10.2 Å². The van der Waals surface area contributed by atoms with Crippen LogP contribution in [0.1, 0.15) is 26.7 Å². The third-order valence-corrected chi connectivity index (χ3v) is 2.69. The quantitative estimate of drug-likeness (QED) is 0.774. The van der Waals surface area contributed by atoms with Crippen molar-refractivity contribution in [1.29, 1.82) is 0 Å². The van der Waals surface area contributed by atoms with Crippen molar-refractivity contribution < 1.29 is 13.9 Å². The van der Waals surface area contributed by atoms with Crippen molar-refractivity contribution >= 4 is 0 Å². The van der Waals surface area contributed by atoms with Gasteiger partial charge >= 0.3 is 0 Å². The summed E-state index contributed by atoms with van der Waals surface area (Å²) in [5, 5.41) is 8.13. The SMILES string of the molecule is CC(C)(C)c1nnc(-c2ccc3c(c2)OCO3)o1. The molecule has 5 heteroatoms. The molecule has 1 aliphatic rings. The van der Waals surface area contributed by atoms with E-state index in [1.165, 1.54) is 0 Å². The summed E-state index contributed by atoms with van der Waals surface area (Å²) in [6, 6.07) is 5.58. The van der Waals surface area contributed by atoms with Gasteiger partial charge in [0.05, 0.1) is 0 Å². The van der Waals surface area contributed by atoms with E-state index in [0.29, 0.717) is 17.5 Å². The molecule has 0 saturated carbocycles. The first-order valence-electron chi connectivity index (χ1n) is 5.78. The minimum atomic E-state index is -0.151. The second-order valence-corrected chi connectivity index (χ2v) is 5.23. The van der Waals surface area contributed by atoms with Crippen LogP contribution in [0.4, 0.5) is 0 Å². The highest BCUT2D eigenvalue weighted by atomic mass is 16.7. The van der Waals surface area contributed by atoms with Crippen molar-refractivity contribution in [3.63, 3.8) is 0 Å². The highest BCUT2D eigenvalue weighted by Gasteiger charge is 2.23. The van der Waals surface area contributed by atoms with Crippen LogP contribution >= 0.6 is 0 Å². The molecule has 0 bridgehead atoms. The fraction of sp³-hybridized carbons (Fsp3) is 0.385. The molecular formula is C13H14N2O3. The molecule has 0 N–H and O–H groups in total. The molecule has 94 valence electrons. The average Bonchev–Trinajstić information content (AvgIpc) is 2.96. The van der Waals surface area contributed by atoms with Gasteiger partial charge in [0, 0.05) is 11.0 Å². The Morgan fingerprint density at radius 1 is 1.06 bits per heavy atom. The van der Waals surface area contributed by atoms with Gasteiger partial charge in [0.1, 0.15) is 0 Å². The van der Waals surface area contributed by atoms with Gasteiger partial charge in [0.25, 0.3) is 0 Å². The molecule has 0 aliphatic carbocycles. The molecule has 3 rings (SSSR count). The molecule has 0 fully saturated rings. The number of hydrogen-bond donors (Lipinski definition) is 0. The van der Waals surface area contributed by atoms with Crippen LogP contribution in [-0.4, -0.2) is 17.0 Å². The maximum absolute atomic E-state index is 5.68. The molecule has 18 heavy (non-hydrogen) atoms. The van der Waals surface area contributed by atoms with E-state index in [9.17, 15) is 0 Å². The highest BCUT2D eigenvalue weighted by molar-refractivity contribution is 5.60. The first-order valence-corrected chi connectivity index (χ1v) is 5.78. The molecule has 2 heterocycles. The van der Waals surface area contributed by atoms with E-state index in [2.05, 4.69) is 10.2 Å². The Morgan fingerprint density at radius 3 is 2.56 bits per heavy atom. The smallest absolute Gasteiger partial charge is 0.247 e. The van der Waals surface area contributed by atoms with Gasteiger partial charge in [-0.25, -0.2) is 0 Å². The van der Waals surface area contributed by atoms with Gasteiger partial charge in [-0.1, -0.05) is 20.8 Å². The molecule has 0 spiro atoms. The normalized spacial score (nSPS) is 13.9. The molecule has 0 radical (unpaired) electrons. The van der Waals surface area contributed by atoms with E-state index in [-0.39, 0.29) is 12.2 Å². The lowest BCUT2D eigenvalue weighted by molar-refractivity contribution is 0.174. The summed E-state index contributed by atoms with van der Waals surface area (Å²) in [5.41, 5.74) is 0.684. The molecule has 0 unspecified atom stereocenters. The summed E-state index contributed by atoms with van der Waals surface area (Å²) >= 11 is 0. The largest absolute Gasteiger partial charge is 0.454 e. The number of nitrogens with zero attached hydrogens (tertiary/aromatic N) is 2. The van der Waals surface area contributed by atoms with E-state index < -0.39 is 0 Å². The molecular weight excluding hydrogens is 232 g/mol. The van der Waals surface area contributed by atoms with Crippen LogP contribution in [0.25, 0.3) is 11.5 Å². The zero-order valence-corrected chi connectivity index (χ0v) is 10.6. The Bertz CT molecular complexity index is 584. The lowest BCUT2D eigenvalue weighted by Crippen LogP contribution is -2.11. The Morgan fingerprint density at radius 2 is 1.83 bits per heavy atom. The van der Waals surface area contributed by atoms with Crippen LogP contribution in [0.3, 0.4) is 0 Å². The predicted molar refractivity (Wildman–Crippen MR) is 64.6 cm³/mol. The summed E-state index contributed by atoms with van der Waals surface area (Å²) in [4.78, 5) is 0. The molecule has 0 saturated heterocycles. The lowest BCUT2D eigenvalue weighted by Gasteiger charge is -2.10. The summed E-state index contributed by atoms with van der Waals surface area (Å²) in [6.07, 6.45) is 0. The lowest BCUT2D eigenvalue weighted by atomic mass is 9.97. The van der Waals surface area contributed by atoms with Crippen LogP contribution in [-0.2, 0) is 5.41 Å². The number of ether oxygens (including phenoxy) is 2. The minimum Gasteiger partial charge on any atom is -0.454 e. The van der Waals surface area contributed by atoms with Crippen molar-refractivity contribution in [2.24, 2.45) is 0 Å². The zero-order valence-electron chi connectivity index (χ0n) is 10.6. The number of hydrogen-bond acceptors (Lipinski definition) is 5. The predicted octanol–water partition coefficient (Wildman–Crippen LogP) is 2.76. The van der Waals surface area contributed by atoms with Gasteiger partial charge in [0.2, 0.25) is 18.6 Å². The van der Waals surface area contributed by atoms with Crippen molar-refractivity contribution in [1.82, 2.24) is 10.2 Å². The molecule has 0 atom stereocenters. The van der Waals surface area contributed by atoms with Crippen LogP contribution < -0.4 is 9.47 Å². The summed E-state index contributed by atoms with van der Waals surface area (Å²) in [7, 11) is 0. The maximum atomic E-state index is 5.68. The fourth-order valence-corrected chi connectivity index (χ4v) is 1.67. The third-order valence-electron chi connectivity index (χ3n) is 2.69. The van der Waals surface area contributed by atoms with Crippen molar-refractivity contribution in [3.8, 4) is 23.0 Å². The van der Waals surface area contributed by atoms with Crippen LogP contribution in [0.2, 0.25) is 0 Å². The standard InChI is InChI=1S/C13H14N2O3/c1-13(2,3)12-15-14-11(18-12)8-4-5-9-10(6-8)17-7-16-9/h4-6H,7H2,1-3H3. The molecule has 5 nitrogen and oxygen atoms in total. The summed E-state index contributed by atoms with van der Waals surface area (Å²) in [5.74, 6) is 2.57. The fourth-order valence-electron chi connectivity index (χ4n) is 1.67. The van der Waals surface area contributed by atoms with E-state index >= 15 is 0 Å². The summed E-state index contributed by atoms with van der Waals surface area (Å²) < 4.78 is 16.3. The van der Waals surface area contributed by atoms with Crippen molar-refractivity contribution in [2.45, 2.75) is 26.2 Å². The van der Waals surface area contributed by atoms with Gasteiger partial charge in [-0.2, -0.15) is 0 Å². The number of benzene rings is 1. The zero-order chi connectivity index (χ0) is 12.8. The van der Waals surface area contributed by atoms with E-state index in [0.717, 1.165) is 11.3 Å². The van der Waals surface area contributed by atoms with Gasteiger partial charge in [-0.3, -0.25) is 0 Å². The van der Waals surface area contributed by atoms with Gasteiger partial charge in [-0.05, 0) is 18.2 Å². The highest BCUT2D eigenvalue weighted by Crippen LogP contribution is 2.36. The molecule has 2 aromatic rings. The average molecular weight is 246 g/mol. The number of aromatic nitrogens is 2. The molecule has 1 aliphatic heterocycles. The first-order chi connectivity index (χ1) is 8.54. The van der Waals surface area contributed by atoms with Crippen molar-refractivity contribution in [3.05, 3.63) is 24.1 Å². The molecule has 1 aromatic carbocycles. The Hall–Kier alpha value is -2.04. The Kier molecular flexibility index (Phi) is 2.29. The van der Waals surface area contributed by atoms with Crippen LogP contribution in [0, 0.1) is 0 Å². The second kappa shape index (κ2) is 3.73. The Balaban J connectivity index is 1.98. The molecule has 0 amide bonds. The topological polar surface area (TPSA) is 57.4 Å². The van der Waals surface area contributed by atoms with Crippen LogP contribution in [0.15, 0.2) is 22.6 Å². The van der Waals surface area contributed by atoms with Gasteiger partial charge in [0.15, 0.2) is 11.5 Å². The number of fused-ring (bicyclic) bond motifs is 1. The Labute approximate surface area is 105 Å². The minimum absolute atomic E-state index is 0.151. The van der Waals surface area contributed by atoms with Crippen LogP contribution in [0.5, 0.6) is 11.5 Å². The summed E-state index contributed by atoms with van der Waals surface area (Å²) in [6.45, 7) is 6.35. The monoisotopic (exact) mass is 246 g/mol. The second-order valence-electron chi connectivity index (χ2n) is 5.23. The number of rotatable bonds is 1. The van der Waals surface area contributed by atoms with E-state index in [1.54, 1.807) is 0 Å². The van der Waals surface area contributed by atoms with E-state index in [4.69, 9.17) is 13.9 Å². The maximum Gasteiger partial charge on any atom is 0.247 e. The molecule has 1 aromatic heterocycles. The van der Waals surface area contributed by atoms with Crippen molar-refractivity contribution in [2.75, 3.05) is 6.79 Å². The first kappa shape index (κ1) is 11.1. The van der Waals surface area contributed by atoms with E-state index in [1.807, 2.05) is 39.0 Å². The van der Waals surface area contributed by atoms with Gasteiger partial charge < -0.3 is 13.9 Å². The third kappa shape index (κ3) is 1.81.